The van der Waals surface area contributed by atoms with E-state index in [9.17, 15) is 9.36 Å². The van der Waals surface area contributed by atoms with Crippen LogP contribution in [0.5, 0.6) is 0 Å². The van der Waals surface area contributed by atoms with Gasteiger partial charge in [-0.25, -0.2) is 9.36 Å². The number of carbonyl (C=O) groups is 1. The molecule has 0 amide bonds. The Morgan fingerprint density at radius 2 is 1.56 bits per heavy atom. The molecule has 0 aliphatic heterocycles. The van der Waals surface area contributed by atoms with Crippen molar-refractivity contribution in [1.29, 1.82) is 0 Å². The van der Waals surface area contributed by atoms with Crippen molar-refractivity contribution in [2.45, 2.75) is 32.5 Å². The highest BCUT2D eigenvalue weighted by Gasteiger charge is 2.30. The third-order valence-corrected chi connectivity index (χ3v) is 5.17. The van der Waals surface area contributed by atoms with Crippen molar-refractivity contribution in [2.75, 3.05) is 6.61 Å². The van der Waals surface area contributed by atoms with Gasteiger partial charge in [-0.1, -0.05) is 74.0 Å². The van der Waals surface area contributed by atoms with E-state index >= 15 is 0 Å². The van der Waals surface area contributed by atoms with Crippen LogP contribution in [-0.2, 0) is 31.1 Å². The Kier molecular flexibility index (Phi) is 7.71. The molecule has 0 spiro atoms. The molecular weight excluding hydrogens is 339 g/mol. The van der Waals surface area contributed by atoms with Gasteiger partial charge in [-0.15, -0.1) is 0 Å². The van der Waals surface area contributed by atoms with E-state index in [1.54, 1.807) is 0 Å². The van der Waals surface area contributed by atoms with Gasteiger partial charge in [0, 0.05) is 0 Å². The monoisotopic (exact) mass is 362 g/mol. The fourth-order valence-electron chi connectivity index (χ4n) is 2.12. The van der Waals surface area contributed by atoms with Gasteiger partial charge >= 0.3 is 13.8 Å². The van der Waals surface area contributed by atoms with Crippen molar-refractivity contribution >= 4 is 13.8 Å². The zero-order chi connectivity index (χ0) is 18.0. The Bertz CT molecular complexity index is 687. The molecule has 0 saturated carbocycles. The smallest absolute Gasteiger partial charge is 0.429 e. The number of unbranched alkanes of at least 4 members (excludes halogenated alkanes) is 1. The Hall–Kier alpha value is -2.10. The number of rotatable bonds is 9. The summed E-state index contributed by atoms with van der Waals surface area (Å²) in [7, 11) is -3.62. The maximum atomic E-state index is 12.9. The van der Waals surface area contributed by atoms with Crippen LogP contribution >= 0.6 is 7.60 Å². The van der Waals surface area contributed by atoms with Gasteiger partial charge in [-0.05, 0) is 17.5 Å². The normalized spacial score (nSPS) is 13.0. The van der Waals surface area contributed by atoms with Gasteiger partial charge < -0.3 is 9.26 Å². The van der Waals surface area contributed by atoms with Gasteiger partial charge in [0.25, 0.3) is 0 Å². The fourth-order valence-corrected chi connectivity index (χ4v) is 3.67. The second-order valence-corrected chi connectivity index (χ2v) is 7.54. The first-order valence-electron chi connectivity index (χ1n) is 8.29. The lowest BCUT2D eigenvalue weighted by atomic mass is 10.2. The molecule has 0 heterocycles. The minimum Gasteiger partial charge on any atom is -0.429 e. The lowest BCUT2D eigenvalue weighted by molar-refractivity contribution is 0.0842. The zero-order valence-corrected chi connectivity index (χ0v) is 15.2. The second-order valence-electron chi connectivity index (χ2n) is 5.56. The van der Waals surface area contributed by atoms with E-state index in [0.717, 1.165) is 24.0 Å². The van der Waals surface area contributed by atoms with Crippen LogP contribution in [0.4, 0.5) is 4.79 Å². The highest BCUT2D eigenvalue weighted by Crippen LogP contribution is 2.52. The molecule has 1 atom stereocenters. The van der Waals surface area contributed by atoms with E-state index in [1.165, 1.54) is 0 Å². The van der Waals surface area contributed by atoms with Crippen molar-refractivity contribution < 1.29 is 23.1 Å². The molecule has 6 heteroatoms. The Balaban J connectivity index is 1.96. The SMILES string of the molecule is CCCCOP(=O)(Cc1ccccc1)OC(=O)OCc1ccccc1. The van der Waals surface area contributed by atoms with Crippen LogP contribution in [0, 0.1) is 0 Å². The summed E-state index contributed by atoms with van der Waals surface area (Å²) in [5.41, 5.74) is 1.60. The molecule has 25 heavy (non-hydrogen) atoms. The zero-order valence-electron chi connectivity index (χ0n) is 14.3. The fraction of sp³-hybridized carbons (Fsp3) is 0.316. The molecule has 0 fully saturated rings. The molecule has 0 aliphatic carbocycles. The van der Waals surface area contributed by atoms with E-state index in [1.807, 2.05) is 67.6 Å². The third-order valence-electron chi connectivity index (χ3n) is 3.42. The summed E-state index contributed by atoms with van der Waals surface area (Å²) in [6.45, 7) is 2.33. The summed E-state index contributed by atoms with van der Waals surface area (Å²) in [5.74, 6) is 0. The minimum absolute atomic E-state index is 0.0258. The van der Waals surface area contributed by atoms with Crippen molar-refractivity contribution in [2.24, 2.45) is 0 Å². The lowest BCUT2D eigenvalue weighted by Crippen LogP contribution is -2.09. The van der Waals surface area contributed by atoms with Crippen LogP contribution < -0.4 is 0 Å². The highest BCUT2D eigenvalue weighted by atomic mass is 31.2. The average molecular weight is 362 g/mol. The molecule has 0 aromatic heterocycles. The Labute approximate surface area is 148 Å². The summed E-state index contributed by atoms with van der Waals surface area (Å²) in [4.78, 5) is 12.0. The van der Waals surface area contributed by atoms with Crippen LogP contribution in [0.1, 0.15) is 30.9 Å². The first-order chi connectivity index (χ1) is 12.1. The Morgan fingerprint density at radius 1 is 0.960 bits per heavy atom. The first kappa shape index (κ1) is 19.2. The van der Waals surface area contributed by atoms with Gasteiger partial charge in [0.15, 0.2) is 0 Å². The number of carbonyl (C=O) groups excluding carboxylic acids is 1. The van der Waals surface area contributed by atoms with Crippen molar-refractivity contribution in [1.82, 2.24) is 0 Å². The molecule has 2 aromatic rings. The predicted molar refractivity (Wildman–Crippen MR) is 96.3 cm³/mol. The second kappa shape index (κ2) is 10.0. The quantitative estimate of drug-likeness (QED) is 0.332. The van der Waals surface area contributed by atoms with Crippen LogP contribution in [0.2, 0.25) is 0 Å². The molecule has 2 aromatic carbocycles. The highest BCUT2D eigenvalue weighted by molar-refractivity contribution is 7.53. The van der Waals surface area contributed by atoms with E-state index in [2.05, 4.69) is 0 Å². The first-order valence-corrected chi connectivity index (χ1v) is 10.0. The largest absolute Gasteiger partial charge is 0.515 e. The van der Waals surface area contributed by atoms with Gasteiger partial charge in [0.1, 0.15) is 6.61 Å². The van der Waals surface area contributed by atoms with Crippen molar-refractivity contribution in [3.05, 3.63) is 71.8 Å². The topological polar surface area (TPSA) is 61.8 Å². The van der Waals surface area contributed by atoms with Gasteiger partial charge in [0.05, 0.1) is 12.8 Å². The molecule has 1 unspecified atom stereocenters. The molecule has 0 N–H and O–H groups in total. The lowest BCUT2D eigenvalue weighted by Gasteiger charge is -2.18. The molecule has 0 radical (unpaired) electrons. The summed E-state index contributed by atoms with van der Waals surface area (Å²) in [6, 6.07) is 18.4. The predicted octanol–water partition coefficient (Wildman–Crippen LogP) is 5.55. The molecule has 0 bridgehead atoms. The third kappa shape index (κ3) is 7.12. The molecule has 2 rings (SSSR count). The maximum absolute atomic E-state index is 12.9. The summed E-state index contributed by atoms with van der Waals surface area (Å²) < 4.78 is 28.5. The van der Waals surface area contributed by atoms with E-state index in [4.69, 9.17) is 13.8 Å². The standard InChI is InChI=1S/C19H23O5P/c1-2-3-14-23-25(21,16-18-12-8-5-9-13-18)24-19(20)22-15-17-10-6-4-7-11-17/h4-13H,2-3,14-16H2,1H3. The molecular formula is C19H23O5P. The summed E-state index contributed by atoms with van der Waals surface area (Å²) in [6.07, 6.45) is 0.669. The number of ether oxygens (including phenoxy) is 1. The molecule has 0 aliphatic rings. The Morgan fingerprint density at radius 3 is 2.16 bits per heavy atom. The van der Waals surface area contributed by atoms with E-state index in [0.29, 0.717) is 0 Å². The van der Waals surface area contributed by atoms with Crippen molar-refractivity contribution in [3.8, 4) is 0 Å². The van der Waals surface area contributed by atoms with E-state index in [-0.39, 0.29) is 19.4 Å². The molecule has 5 nitrogen and oxygen atoms in total. The van der Waals surface area contributed by atoms with Crippen LogP contribution in [0.3, 0.4) is 0 Å². The van der Waals surface area contributed by atoms with Crippen LogP contribution in [0.15, 0.2) is 60.7 Å². The van der Waals surface area contributed by atoms with Gasteiger partial charge in [-0.2, -0.15) is 0 Å². The van der Waals surface area contributed by atoms with Crippen LogP contribution in [-0.4, -0.2) is 12.8 Å². The van der Waals surface area contributed by atoms with Gasteiger partial charge in [0.2, 0.25) is 0 Å². The molecule has 0 saturated heterocycles. The number of hydrogen-bond acceptors (Lipinski definition) is 5. The maximum Gasteiger partial charge on any atom is 0.515 e. The molecule has 134 valence electrons. The number of benzene rings is 2. The minimum atomic E-state index is -3.62. The van der Waals surface area contributed by atoms with Crippen molar-refractivity contribution in [3.63, 3.8) is 0 Å². The van der Waals surface area contributed by atoms with Gasteiger partial charge in [-0.3, -0.25) is 4.52 Å². The number of hydrogen-bond donors (Lipinski definition) is 0. The van der Waals surface area contributed by atoms with E-state index < -0.39 is 13.8 Å². The average Bonchev–Trinajstić information content (AvgIpc) is 2.62. The summed E-state index contributed by atoms with van der Waals surface area (Å²) >= 11 is 0. The van der Waals surface area contributed by atoms with Crippen LogP contribution in [0.25, 0.3) is 0 Å². The summed E-state index contributed by atoms with van der Waals surface area (Å²) in [5, 5.41) is 0.